The second-order valence-corrected chi connectivity index (χ2v) is 5.82. The van der Waals surface area contributed by atoms with Gasteiger partial charge in [-0.05, 0) is 37.0 Å². The van der Waals surface area contributed by atoms with E-state index in [2.05, 4.69) is 67.7 Å². The van der Waals surface area contributed by atoms with Crippen LogP contribution in [0.5, 0.6) is 0 Å². The molecule has 20 heavy (non-hydrogen) atoms. The third-order valence-corrected chi connectivity index (χ3v) is 4.29. The fourth-order valence-corrected chi connectivity index (χ4v) is 3.08. The Bertz CT molecular complexity index is 589. The Labute approximate surface area is 121 Å². The van der Waals surface area contributed by atoms with E-state index in [1.165, 1.54) is 22.3 Å². The quantitative estimate of drug-likeness (QED) is 0.887. The largest absolute Gasteiger partial charge is 0.324 e. The molecule has 0 aromatic heterocycles. The second-order valence-electron chi connectivity index (χ2n) is 5.82. The number of hydrogen-bond donors (Lipinski definition) is 2. The molecule has 2 aromatic carbocycles. The molecule has 0 spiro atoms. The number of benzene rings is 2. The maximum absolute atomic E-state index is 6.23. The van der Waals surface area contributed by atoms with Crippen LogP contribution in [0, 0.1) is 6.92 Å². The lowest BCUT2D eigenvalue weighted by atomic mass is 10.0. The minimum absolute atomic E-state index is 0.161. The van der Waals surface area contributed by atoms with E-state index in [1.54, 1.807) is 0 Å². The predicted molar refractivity (Wildman–Crippen MR) is 83.5 cm³/mol. The number of hydrogen-bond acceptors (Lipinski definition) is 2. The fraction of sp³-hybridized carbons (Fsp3) is 0.333. The highest BCUT2D eigenvalue weighted by Crippen LogP contribution is 2.38. The first-order valence-corrected chi connectivity index (χ1v) is 7.32. The summed E-state index contributed by atoms with van der Waals surface area (Å²) in [4.78, 5) is 0. The van der Waals surface area contributed by atoms with Crippen LogP contribution in [-0.4, -0.2) is 0 Å². The smallest absolute Gasteiger partial charge is 0.0347 e. The van der Waals surface area contributed by atoms with Crippen LogP contribution >= 0.6 is 0 Å². The van der Waals surface area contributed by atoms with Gasteiger partial charge in [-0.2, -0.15) is 0 Å². The Balaban J connectivity index is 1.77. The molecule has 0 heterocycles. The van der Waals surface area contributed by atoms with Gasteiger partial charge in [0, 0.05) is 18.1 Å². The Hall–Kier alpha value is -1.64. The summed E-state index contributed by atoms with van der Waals surface area (Å²) in [6.07, 6.45) is 0.982. The van der Waals surface area contributed by atoms with Crippen molar-refractivity contribution in [3.63, 3.8) is 0 Å². The maximum atomic E-state index is 6.23. The molecule has 0 amide bonds. The molecule has 2 unspecified atom stereocenters. The highest BCUT2D eigenvalue weighted by molar-refractivity contribution is 5.37. The zero-order valence-electron chi connectivity index (χ0n) is 12.1. The average molecular weight is 266 g/mol. The molecule has 1 aliphatic rings. The highest BCUT2D eigenvalue weighted by Gasteiger charge is 2.28. The van der Waals surface area contributed by atoms with E-state index >= 15 is 0 Å². The van der Waals surface area contributed by atoms with Gasteiger partial charge in [0.15, 0.2) is 0 Å². The van der Waals surface area contributed by atoms with Crippen LogP contribution in [-0.2, 0) is 0 Å². The molecule has 0 saturated heterocycles. The van der Waals surface area contributed by atoms with Crippen molar-refractivity contribution in [2.75, 3.05) is 0 Å². The number of rotatable bonds is 3. The molecule has 104 valence electrons. The predicted octanol–water partition coefficient (Wildman–Crippen LogP) is 3.79. The molecule has 1 aliphatic carbocycles. The molecule has 2 nitrogen and oxygen atoms in total. The van der Waals surface area contributed by atoms with E-state index in [0.717, 1.165) is 6.42 Å². The molecule has 0 aliphatic heterocycles. The van der Waals surface area contributed by atoms with E-state index in [0.29, 0.717) is 12.1 Å². The van der Waals surface area contributed by atoms with Crippen molar-refractivity contribution in [1.29, 1.82) is 0 Å². The average Bonchev–Trinajstić information content (AvgIpc) is 2.77. The van der Waals surface area contributed by atoms with Gasteiger partial charge in [0.1, 0.15) is 0 Å². The summed E-state index contributed by atoms with van der Waals surface area (Å²) >= 11 is 0. The SMILES string of the molecule is Cc1ccc([C@@H](C)NC2CC(N)c3ccccc32)cc1. The van der Waals surface area contributed by atoms with Gasteiger partial charge in [-0.15, -0.1) is 0 Å². The Morgan fingerprint density at radius 3 is 2.40 bits per heavy atom. The number of aryl methyl sites for hydroxylation is 1. The van der Waals surface area contributed by atoms with Gasteiger partial charge in [-0.25, -0.2) is 0 Å². The summed E-state index contributed by atoms with van der Waals surface area (Å²) in [5.74, 6) is 0. The van der Waals surface area contributed by atoms with E-state index in [1.807, 2.05) is 0 Å². The summed E-state index contributed by atoms with van der Waals surface area (Å²) in [5, 5.41) is 3.72. The fourth-order valence-electron chi connectivity index (χ4n) is 3.08. The van der Waals surface area contributed by atoms with Gasteiger partial charge in [-0.1, -0.05) is 54.1 Å². The Morgan fingerprint density at radius 1 is 1.05 bits per heavy atom. The molecular weight excluding hydrogens is 244 g/mol. The standard InChI is InChI=1S/C18H22N2/c1-12-7-9-14(10-8-12)13(2)20-18-11-17(19)15-5-3-4-6-16(15)18/h3-10,13,17-18,20H,11,19H2,1-2H3/t13-,17?,18?/m1/s1. The van der Waals surface area contributed by atoms with Gasteiger partial charge in [0.05, 0.1) is 0 Å². The van der Waals surface area contributed by atoms with Gasteiger partial charge >= 0.3 is 0 Å². The number of nitrogens with one attached hydrogen (secondary N) is 1. The van der Waals surface area contributed by atoms with Crippen LogP contribution in [0.25, 0.3) is 0 Å². The molecule has 0 radical (unpaired) electrons. The summed E-state index contributed by atoms with van der Waals surface area (Å²) in [7, 11) is 0. The molecule has 0 bridgehead atoms. The highest BCUT2D eigenvalue weighted by atomic mass is 15.0. The third-order valence-electron chi connectivity index (χ3n) is 4.29. The first kappa shape index (κ1) is 13.3. The zero-order chi connectivity index (χ0) is 14.1. The summed E-state index contributed by atoms with van der Waals surface area (Å²) in [6, 6.07) is 18.1. The van der Waals surface area contributed by atoms with Gasteiger partial charge in [0.2, 0.25) is 0 Å². The lowest BCUT2D eigenvalue weighted by molar-refractivity contribution is 0.446. The minimum atomic E-state index is 0.161. The van der Waals surface area contributed by atoms with Crippen LogP contribution in [0.4, 0.5) is 0 Å². The van der Waals surface area contributed by atoms with Crippen molar-refractivity contribution in [3.8, 4) is 0 Å². The topological polar surface area (TPSA) is 38.0 Å². The summed E-state index contributed by atoms with van der Waals surface area (Å²) in [6.45, 7) is 4.34. The van der Waals surface area contributed by atoms with E-state index < -0.39 is 0 Å². The first-order valence-electron chi connectivity index (χ1n) is 7.32. The van der Waals surface area contributed by atoms with Crippen LogP contribution in [0.3, 0.4) is 0 Å². The van der Waals surface area contributed by atoms with Gasteiger partial charge in [-0.3, -0.25) is 0 Å². The van der Waals surface area contributed by atoms with Crippen molar-refractivity contribution in [2.24, 2.45) is 5.73 Å². The minimum Gasteiger partial charge on any atom is -0.324 e. The van der Waals surface area contributed by atoms with Gasteiger partial charge < -0.3 is 11.1 Å². The van der Waals surface area contributed by atoms with E-state index in [4.69, 9.17) is 5.73 Å². The molecule has 0 saturated carbocycles. The van der Waals surface area contributed by atoms with Crippen LogP contribution in [0.1, 0.15) is 53.7 Å². The summed E-state index contributed by atoms with van der Waals surface area (Å²) in [5.41, 5.74) is 11.5. The molecule has 3 atom stereocenters. The summed E-state index contributed by atoms with van der Waals surface area (Å²) < 4.78 is 0. The normalized spacial score (nSPS) is 22.6. The Kier molecular flexibility index (Phi) is 3.60. The molecule has 3 N–H and O–H groups in total. The zero-order valence-corrected chi connectivity index (χ0v) is 12.1. The van der Waals surface area contributed by atoms with Crippen molar-refractivity contribution in [2.45, 2.75) is 38.4 Å². The molecular formula is C18H22N2. The third kappa shape index (κ3) is 2.49. The molecule has 0 fully saturated rings. The monoisotopic (exact) mass is 266 g/mol. The van der Waals surface area contributed by atoms with Crippen molar-refractivity contribution < 1.29 is 0 Å². The van der Waals surface area contributed by atoms with Crippen molar-refractivity contribution >= 4 is 0 Å². The van der Waals surface area contributed by atoms with E-state index in [9.17, 15) is 0 Å². The van der Waals surface area contributed by atoms with Crippen LogP contribution in [0.15, 0.2) is 48.5 Å². The van der Waals surface area contributed by atoms with Crippen LogP contribution in [0.2, 0.25) is 0 Å². The number of fused-ring (bicyclic) bond motifs is 1. The van der Waals surface area contributed by atoms with Gasteiger partial charge in [0.25, 0.3) is 0 Å². The first-order chi connectivity index (χ1) is 9.65. The van der Waals surface area contributed by atoms with Crippen molar-refractivity contribution in [1.82, 2.24) is 5.32 Å². The van der Waals surface area contributed by atoms with Crippen LogP contribution < -0.4 is 11.1 Å². The maximum Gasteiger partial charge on any atom is 0.0347 e. The molecule has 2 aromatic rings. The Morgan fingerprint density at radius 2 is 1.70 bits per heavy atom. The lowest BCUT2D eigenvalue weighted by Gasteiger charge is -2.21. The van der Waals surface area contributed by atoms with Crippen molar-refractivity contribution in [3.05, 3.63) is 70.8 Å². The second kappa shape index (κ2) is 5.39. The lowest BCUT2D eigenvalue weighted by Crippen LogP contribution is -2.23. The molecule has 2 heteroatoms. The van der Waals surface area contributed by atoms with E-state index in [-0.39, 0.29) is 6.04 Å². The number of nitrogens with two attached hydrogens (primary N) is 1. The molecule has 3 rings (SSSR count).